The van der Waals surface area contributed by atoms with Gasteiger partial charge in [0, 0.05) is 48.2 Å². The third-order valence-electron chi connectivity index (χ3n) is 5.79. The molecule has 1 aliphatic carbocycles. The van der Waals surface area contributed by atoms with Gasteiger partial charge in [-0.3, -0.25) is 14.2 Å². The summed E-state index contributed by atoms with van der Waals surface area (Å²) in [7, 11) is 0. The van der Waals surface area contributed by atoms with Crippen molar-refractivity contribution in [3.63, 3.8) is 0 Å². The van der Waals surface area contributed by atoms with Gasteiger partial charge in [-0.05, 0) is 44.0 Å². The van der Waals surface area contributed by atoms with Crippen molar-refractivity contribution in [3.05, 3.63) is 64.5 Å². The number of nitrogens with one attached hydrogen (secondary N) is 2. The number of amides is 1. The number of carbonyl (C=O) groups excluding carboxylic acids is 1. The van der Waals surface area contributed by atoms with E-state index in [2.05, 4.69) is 30.5 Å². The summed E-state index contributed by atoms with van der Waals surface area (Å²) in [6, 6.07) is 10.7. The smallest absolute Gasteiger partial charge is 0.254 e. The van der Waals surface area contributed by atoms with Crippen molar-refractivity contribution in [2.75, 3.05) is 41.8 Å². The van der Waals surface area contributed by atoms with Gasteiger partial charge in [0.1, 0.15) is 12.4 Å². The lowest BCUT2D eigenvalue weighted by atomic mass is 10.2. The molecular formula is C24H27N7O3. The van der Waals surface area contributed by atoms with Crippen LogP contribution in [-0.2, 0) is 16.1 Å². The molecule has 3 aromatic rings. The number of rotatable bonds is 7. The van der Waals surface area contributed by atoms with E-state index in [-0.39, 0.29) is 18.0 Å². The van der Waals surface area contributed by atoms with Gasteiger partial charge in [-0.2, -0.15) is 4.98 Å². The molecule has 3 heterocycles. The number of ether oxygens (including phenoxy) is 1. The van der Waals surface area contributed by atoms with Crippen molar-refractivity contribution in [3.8, 4) is 0 Å². The van der Waals surface area contributed by atoms with Crippen LogP contribution in [0.4, 0.5) is 23.1 Å². The van der Waals surface area contributed by atoms with E-state index in [4.69, 9.17) is 4.74 Å². The molecule has 34 heavy (non-hydrogen) atoms. The molecule has 0 unspecified atom stereocenters. The lowest BCUT2D eigenvalue weighted by Crippen LogP contribution is -2.37. The molecular weight excluding hydrogens is 434 g/mol. The number of aromatic nitrogens is 4. The maximum Gasteiger partial charge on any atom is 0.254 e. The zero-order chi connectivity index (χ0) is 23.5. The minimum absolute atomic E-state index is 0.0820. The Hall–Kier alpha value is -3.79. The minimum atomic E-state index is -0.287. The summed E-state index contributed by atoms with van der Waals surface area (Å²) in [6.45, 7) is 4.74. The number of morpholine rings is 1. The van der Waals surface area contributed by atoms with Crippen LogP contribution in [0.25, 0.3) is 0 Å². The van der Waals surface area contributed by atoms with Gasteiger partial charge >= 0.3 is 0 Å². The highest BCUT2D eigenvalue weighted by atomic mass is 16.5. The van der Waals surface area contributed by atoms with Gasteiger partial charge in [-0.25, -0.2) is 9.97 Å². The highest BCUT2D eigenvalue weighted by Crippen LogP contribution is 2.38. The van der Waals surface area contributed by atoms with E-state index < -0.39 is 0 Å². The zero-order valence-electron chi connectivity index (χ0n) is 19.0. The summed E-state index contributed by atoms with van der Waals surface area (Å²) >= 11 is 0. The van der Waals surface area contributed by atoms with Crippen molar-refractivity contribution in [2.45, 2.75) is 32.2 Å². The van der Waals surface area contributed by atoms with E-state index in [1.165, 1.54) is 17.0 Å². The average Bonchev–Trinajstić information content (AvgIpc) is 3.67. The largest absolute Gasteiger partial charge is 0.378 e. The SMILES string of the molecule is Cc1cc(Nc2ccc(NC(=O)Cn3cnc(C4CC4)cc3=O)cc2)nc(N2CCOCC2)n1. The first-order valence-electron chi connectivity index (χ1n) is 11.5. The molecule has 2 N–H and O–H groups in total. The quantitative estimate of drug-likeness (QED) is 0.552. The Morgan fingerprint density at radius 3 is 2.53 bits per heavy atom. The van der Waals surface area contributed by atoms with Crippen molar-refractivity contribution in [2.24, 2.45) is 0 Å². The monoisotopic (exact) mass is 461 g/mol. The first-order valence-corrected chi connectivity index (χ1v) is 11.5. The lowest BCUT2D eigenvalue weighted by Gasteiger charge is -2.27. The average molecular weight is 462 g/mol. The van der Waals surface area contributed by atoms with Crippen LogP contribution >= 0.6 is 0 Å². The Morgan fingerprint density at radius 2 is 1.82 bits per heavy atom. The molecule has 1 aliphatic heterocycles. The number of hydrogen-bond acceptors (Lipinski definition) is 8. The van der Waals surface area contributed by atoms with Crippen molar-refractivity contribution in [1.29, 1.82) is 0 Å². The summed E-state index contributed by atoms with van der Waals surface area (Å²) in [5.41, 5.74) is 2.96. The van der Waals surface area contributed by atoms with E-state index in [0.29, 0.717) is 36.6 Å². The third kappa shape index (κ3) is 5.40. The van der Waals surface area contributed by atoms with Gasteiger partial charge in [-0.1, -0.05) is 0 Å². The molecule has 10 heteroatoms. The molecule has 1 saturated heterocycles. The zero-order valence-corrected chi connectivity index (χ0v) is 19.0. The number of benzene rings is 1. The number of hydrogen-bond donors (Lipinski definition) is 2. The second kappa shape index (κ2) is 9.60. The van der Waals surface area contributed by atoms with E-state index in [1.807, 2.05) is 25.1 Å². The molecule has 0 radical (unpaired) electrons. The van der Waals surface area contributed by atoms with Gasteiger partial charge in [0.25, 0.3) is 5.56 Å². The first kappa shape index (κ1) is 22.0. The van der Waals surface area contributed by atoms with Crippen LogP contribution in [0, 0.1) is 6.92 Å². The molecule has 1 saturated carbocycles. The Labute approximate surface area is 197 Å². The molecule has 5 rings (SSSR count). The van der Waals surface area contributed by atoms with E-state index in [1.54, 1.807) is 12.1 Å². The summed E-state index contributed by atoms with van der Waals surface area (Å²) in [5.74, 6) is 1.50. The summed E-state index contributed by atoms with van der Waals surface area (Å²) in [4.78, 5) is 40.3. The van der Waals surface area contributed by atoms with Crippen LogP contribution in [0.1, 0.15) is 30.1 Å². The fourth-order valence-corrected chi connectivity index (χ4v) is 3.82. The predicted octanol–water partition coefficient (Wildman–Crippen LogP) is 2.44. The van der Waals surface area contributed by atoms with Crippen LogP contribution < -0.4 is 21.1 Å². The molecule has 10 nitrogen and oxygen atoms in total. The van der Waals surface area contributed by atoms with Crippen LogP contribution in [0.3, 0.4) is 0 Å². The van der Waals surface area contributed by atoms with Gasteiger partial charge in [0.2, 0.25) is 11.9 Å². The second-order valence-electron chi connectivity index (χ2n) is 8.60. The molecule has 0 atom stereocenters. The summed E-state index contributed by atoms with van der Waals surface area (Å²) < 4.78 is 6.73. The number of aryl methyl sites for hydroxylation is 1. The standard InChI is InChI=1S/C24H27N7O3/c1-16-12-21(29-24(26-16)30-8-10-34-11-9-30)27-18-4-6-19(7-5-18)28-22(32)14-31-15-25-20(13-23(31)33)17-2-3-17/h4-7,12-13,15,17H,2-3,8-11,14H2,1H3,(H,28,32)(H,26,27,29). The Kier molecular flexibility index (Phi) is 6.22. The normalized spacial score (nSPS) is 15.7. The summed E-state index contributed by atoms with van der Waals surface area (Å²) in [6.07, 6.45) is 3.61. The number of anilines is 4. The molecule has 1 amide bonds. The van der Waals surface area contributed by atoms with Gasteiger partial charge in [0.15, 0.2) is 0 Å². The fourth-order valence-electron chi connectivity index (χ4n) is 3.82. The minimum Gasteiger partial charge on any atom is -0.378 e. The maximum atomic E-state index is 12.4. The van der Waals surface area contributed by atoms with E-state index >= 15 is 0 Å². The molecule has 2 fully saturated rings. The molecule has 0 spiro atoms. The Bertz CT molecular complexity index is 1230. The Balaban J connectivity index is 1.20. The van der Waals surface area contributed by atoms with Crippen molar-refractivity contribution in [1.82, 2.24) is 19.5 Å². The van der Waals surface area contributed by atoms with Gasteiger partial charge in [-0.15, -0.1) is 0 Å². The van der Waals surface area contributed by atoms with Crippen LogP contribution in [-0.4, -0.2) is 51.7 Å². The van der Waals surface area contributed by atoms with Gasteiger partial charge < -0.3 is 20.3 Å². The topological polar surface area (TPSA) is 114 Å². The maximum absolute atomic E-state index is 12.4. The van der Waals surface area contributed by atoms with Crippen molar-refractivity contribution < 1.29 is 9.53 Å². The first-order chi connectivity index (χ1) is 16.5. The third-order valence-corrected chi connectivity index (χ3v) is 5.79. The van der Waals surface area contributed by atoms with Crippen LogP contribution in [0.5, 0.6) is 0 Å². The highest BCUT2D eigenvalue weighted by molar-refractivity contribution is 5.90. The van der Waals surface area contributed by atoms with Crippen LogP contribution in [0.2, 0.25) is 0 Å². The molecule has 176 valence electrons. The van der Waals surface area contributed by atoms with E-state index in [0.717, 1.165) is 43.0 Å². The Morgan fingerprint density at radius 1 is 1.09 bits per heavy atom. The fraction of sp³-hybridized carbons (Fsp3) is 0.375. The number of carbonyl (C=O) groups is 1. The lowest BCUT2D eigenvalue weighted by molar-refractivity contribution is -0.116. The van der Waals surface area contributed by atoms with E-state index in [9.17, 15) is 9.59 Å². The van der Waals surface area contributed by atoms with Gasteiger partial charge in [0.05, 0.1) is 25.2 Å². The molecule has 0 bridgehead atoms. The summed E-state index contributed by atoms with van der Waals surface area (Å²) in [5, 5.41) is 6.12. The number of nitrogens with zero attached hydrogens (tertiary/aromatic N) is 5. The molecule has 2 aliphatic rings. The van der Waals surface area contributed by atoms with Crippen LogP contribution in [0.15, 0.2) is 47.5 Å². The van der Waals surface area contributed by atoms with Crippen molar-refractivity contribution >= 4 is 29.0 Å². The molecule has 1 aromatic carbocycles. The predicted molar refractivity (Wildman–Crippen MR) is 129 cm³/mol. The molecule has 2 aromatic heterocycles. The second-order valence-corrected chi connectivity index (χ2v) is 8.60. The highest BCUT2D eigenvalue weighted by Gasteiger charge is 2.25.